The molecule has 0 amide bonds. The first kappa shape index (κ1) is 30.1. The van der Waals surface area contributed by atoms with E-state index in [4.69, 9.17) is 18.9 Å². The summed E-state index contributed by atoms with van der Waals surface area (Å²) in [5.41, 5.74) is 1.73. The van der Waals surface area contributed by atoms with Gasteiger partial charge in [-0.2, -0.15) is 0 Å². The van der Waals surface area contributed by atoms with Gasteiger partial charge in [0, 0.05) is 0 Å². The van der Waals surface area contributed by atoms with Gasteiger partial charge in [0.2, 0.25) is 0 Å². The Balaban J connectivity index is 1.89. The molecule has 1 aliphatic rings. The van der Waals surface area contributed by atoms with Crippen LogP contribution in [-0.2, 0) is 19.1 Å². The highest BCUT2D eigenvalue weighted by atomic mass is 79.9. The Hall–Kier alpha value is -3.90. The molecule has 0 N–H and O–H groups in total. The molecular weight excluding hydrogens is 616 g/mol. The van der Waals surface area contributed by atoms with Crippen LogP contribution in [0.3, 0.4) is 0 Å². The van der Waals surface area contributed by atoms with Crippen LogP contribution in [0.1, 0.15) is 37.9 Å². The second-order valence-corrected chi connectivity index (χ2v) is 10.6. The van der Waals surface area contributed by atoms with E-state index in [-0.39, 0.29) is 24.3 Å². The number of hydrogen-bond donors (Lipinski definition) is 0. The quantitative estimate of drug-likeness (QED) is 0.308. The number of esters is 2. The summed E-state index contributed by atoms with van der Waals surface area (Å²) in [5, 5.41) is 0. The van der Waals surface area contributed by atoms with Gasteiger partial charge in [-0.3, -0.25) is 9.36 Å². The lowest BCUT2D eigenvalue weighted by Gasteiger charge is -2.25. The molecule has 0 spiro atoms. The number of allylic oxidation sites excluding steroid dienone is 1. The molecule has 0 saturated heterocycles. The average Bonchev–Trinajstić information content (AvgIpc) is 3.25. The number of ether oxygens (including phenoxy) is 5. The first-order chi connectivity index (χ1) is 19.7. The maximum atomic E-state index is 13.9. The number of benzene rings is 2. The molecule has 1 aliphatic heterocycles. The van der Waals surface area contributed by atoms with Crippen LogP contribution in [0.2, 0.25) is 0 Å². The van der Waals surface area contributed by atoms with E-state index >= 15 is 0 Å². The van der Waals surface area contributed by atoms with Crippen molar-refractivity contribution in [3.8, 4) is 17.2 Å². The number of methoxy groups -OCH3 is 2. The zero-order valence-electron chi connectivity index (χ0n) is 23.2. The van der Waals surface area contributed by atoms with Gasteiger partial charge in [0.1, 0.15) is 5.75 Å². The van der Waals surface area contributed by atoms with Crippen LogP contribution in [0.4, 0.5) is 0 Å². The minimum Gasteiger partial charge on any atom is -0.496 e. The fourth-order valence-corrected chi connectivity index (χ4v) is 5.91. The fourth-order valence-electron chi connectivity index (χ4n) is 4.31. The Kier molecular flexibility index (Phi) is 9.66. The van der Waals surface area contributed by atoms with Crippen LogP contribution >= 0.6 is 27.3 Å². The first-order valence-corrected chi connectivity index (χ1v) is 14.3. The molecule has 2 aromatic carbocycles. The normalized spacial score (nSPS) is 14.7. The van der Waals surface area contributed by atoms with Gasteiger partial charge in [0.15, 0.2) is 22.9 Å². The molecule has 0 fully saturated rings. The van der Waals surface area contributed by atoms with Gasteiger partial charge < -0.3 is 23.7 Å². The predicted molar refractivity (Wildman–Crippen MR) is 156 cm³/mol. The van der Waals surface area contributed by atoms with Gasteiger partial charge in [-0.05, 0) is 78.2 Å². The van der Waals surface area contributed by atoms with Crippen LogP contribution in [0.5, 0.6) is 17.2 Å². The summed E-state index contributed by atoms with van der Waals surface area (Å²) in [4.78, 5) is 43.8. The molecule has 0 bridgehead atoms. The number of fused-ring (bicyclic) bond motifs is 1. The number of carbonyl (C=O) groups excluding carboxylic acids is 2. The lowest BCUT2D eigenvalue weighted by molar-refractivity contribution is -0.143. The van der Waals surface area contributed by atoms with Crippen LogP contribution in [0.15, 0.2) is 61.9 Å². The van der Waals surface area contributed by atoms with Crippen LogP contribution in [0.25, 0.3) is 6.08 Å². The van der Waals surface area contributed by atoms with Crippen molar-refractivity contribution in [3.63, 3.8) is 0 Å². The Morgan fingerprint density at radius 3 is 2.46 bits per heavy atom. The smallest absolute Gasteiger partial charge is 0.343 e. The van der Waals surface area contributed by atoms with Gasteiger partial charge in [0.25, 0.3) is 5.56 Å². The zero-order valence-corrected chi connectivity index (χ0v) is 25.6. The third-order valence-corrected chi connectivity index (χ3v) is 7.75. The van der Waals surface area contributed by atoms with Crippen molar-refractivity contribution in [1.82, 2.24) is 4.57 Å². The van der Waals surface area contributed by atoms with Gasteiger partial charge in [-0.25, -0.2) is 14.6 Å². The van der Waals surface area contributed by atoms with E-state index < -0.39 is 18.0 Å². The largest absolute Gasteiger partial charge is 0.496 e. The van der Waals surface area contributed by atoms with E-state index in [0.29, 0.717) is 44.4 Å². The van der Waals surface area contributed by atoms with Crippen molar-refractivity contribution in [2.75, 3.05) is 34.0 Å². The van der Waals surface area contributed by atoms with E-state index in [2.05, 4.69) is 25.7 Å². The SMILES string of the molecule is CCOC(=O)C1=C(C)N=c2s/c(=C\c3ccc(OC)c(Br)c3)c(=O)n2[C@@H]1c1ccc(OCC(=O)OC)c(OCC)c1. The van der Waals surface area contributed by atoms with Crippen molar-refractivity contribution in [3.05, 3.63) is 83.0 Å². The summed E-state index contributed by atoms with van der Waals surface area (Å²) >= 11 is 4.70. The highest BCUT2D eigenvalue weighted by molar-refractivity contribution is 9.10. The Morgan fingerprint density at radius 1 is 1.05 bits per heavy atom. The maximum absolute atomic E-state index is 13.9. The van der Waals surface area contributed by atoms with Gasteiger partial charge in [0.05, 0.1) is 53.8 Å². The van der Waals surface area contributed by atoms with Crippen molar-refractivity contribution >= 4 is 45.3 Å². The predicted octanol–water partition coefficient (Wildman–Crippen LogP) is 3.52. The molecule has 3 aromatic rings. The summed E-state index contributed by atoms with van der Waals surface area (Å²) in [6.07, 6.45) is 1.77. The average molecular weight is 646 g/mol. The van der Waals surface area contributed by atoms with Gasteiger partial charge in [-0.1, -0.05) is 23.5 Å². The van der Waals surface area contributed by atoms with E-state index in [9.17, 15) is 14.4 Å². The number of halogens is 1. The first-order valence-electron chi connectivity index (χ1n) is 12.7. The number of hydrogen-bond acceptors (Lipinski definition) is 10. The highest BCUT2D eigenvalue weighted by Crippen LogP contribution is 2.36. The summed E-state index contributed by atoms with van der Waals surface area (Å²) < 4.78 is 29.4. The lowest BCUT2D eigenvalue weighted by atomic mass is 9.95. The number of thiazole rings is 1. The van der Waals surface area contributed by atoms with Crippen LogP contribution in [-0.4, -0.2) is 50.5 Å². The van der Waals surface area contributed by atoms with Crippen molar-refractivity contribution in [2.24, 2.45) is 4.99 Å². The molecule has 12 heteroatoms. The molecule has 0 radical (unpaired) electrons. The molecule has 41 heavy (non-hydrogen) atoms. The Labute approximate surface area is 248 Å². The highest BCUT2D eigenvalue weighted by Gasteiger charge is 2.34. The van der Waals surface area contributed by atoms with Gasteiger partial charge in [-0.15, -0.1) is 0 Å². The number of aromatic nitrogens is 1. The standard InChI is InChI=1S/C29H29BrN2O8S/c1-6-38-22-14-18(9-11-21(22)40-15-24(33)37-5)26-25(28(35)39-7-2)16(3)31-29-32(26)27(34)23(41-29)13-17-8-10-20(36-4)19(30)12-17/h8-14,26H,6-7,15H2,1-5H3/b23-13-/t26-/m1/s1. The molecule has 2 heterocycles. The molecule has 4 rings (SSSR count). The lowest BCUT2D eigenvalue weighted by Crippen LogP contribution is -2.40. The van der Waals surface area contributed by atoms with Crippen molar-refractivity contribution in [1.29, 1.82) is 0 Å². The van der Waals surface area contributed by atoms with E-state index in [1.54, 1.807) is 51.3 Å². The number of carbonyl (C=O) groups is 2. The second kappa shape index (κ2) is 13.2. The molecule has 1 atom stereocenters. The van der Waals surface area contributed by atoms with E-state index in [1.807, 2.05) is 19.1 Å². The van der Waals surface area contributed by atoms with Crippen molar-refractivity contribution < 1.29 is 33.3 Å². The summed E-state index contributed by atoms with van der Waals surface area (Å²) in [6, 6.07) is 9.70. The summed E-state index contributed by atoms with van der Waals surface area (Å²) in [7, 11) is 2.85. The maximum Gasteiger partial charge on any atom is 0.343 e. The fraction of sp³-hybridized carbons (Fsp3) is 0.310. The molecule has 0 saturated carbocycles. The Morgan fingerprint density at radius 2 is 1.80 bits per heavy atom. The molecule has 1 aromatic heterocycles. The number of rotatable bonds is 10. The minimum atomic E-state index is -0.844. The van der Waals surface area contributed by atoms with E-state index in [1.165, 1.54) is 23.0 Å². The summed E-state index contributed by atoms with van der Waals surface area (Å²) in [6.45, 7) is 5.41. The van der Waals surface area contributed by atoms with Crippen molar-refractivity contribution in [2.45, 2.75) is 26.8 Å². The van der Waals surface area contributed by atoms with Crippen LogP contribution < -0.4 is 29.1 Å². The third kappa shape index (κ3) is 6.38. The van der Waals surface area contributed by atoms with Crippen LogP contribution in [0, 0.1) is 0 Å². The molecular formula is C29H29BrN2O8S. The minimum absolute atomic E-state index is 0.156. The molecule has 216 valence electrons. The second-order valence-electron chi connectivity index (χ2n) is 8.70. The molecule has 0 unspecified atom stereocenters. The monoisotopic (exact) mass is 644 g/mol. The Bertz CT molecular complexity index is 1690. The molecule has 10 nitrogen and oxygen atoms in total. The molecule has 0 aliphatic carbocycles. The number of nitrogens with zero attached hydrogens (tertiary/aromatic N) is 2. The third-order valence-electron chi connectivity index (χ3n) is 6.15. The van der Waals surface area contributed by atoms with E-state index in [0.717, 1.165) is 10.0 Å². The summed E-state index contributed by atoms with van der Waals surface area (Å²) in [5.74, 6) is 0.211. The zero-order chi connectivity index (χ0) is 29.7. The van der Waals surface area contributed by atoms with Gasteiger partial charge >= 0.3 is 11.9 Å². The topological polar surface area (TPSA) is 115 Å².